The zero-order valence-electron chi connectivity index (χ0n) is 8.15. The van der Waals surface area contributed by atoms with Crippen LogP contribution in [0.5, 0.6) is 0 Å². The van der Waals surface area contributed by atoms with Gasteiger partial charge in [0.15, 0.2) is 0 Å². The Morgan fingerprint density at radius 2 is 2.21 bits per heavy atom. The van der Waals surface area contributed by atoms with Crippen molar-refractivity contribution in [3.63, 3.8) is 0 Å². The molecule has 0 saturated carbocycles. The molecule has 0 radical (unpaired) electrons. The summed E-state index contributed by atoms with van der Waals surface area (Å²) in [5.41, 5.74) is 6.87. The van der Waals surface area contributed by atoms with E-state index >= 15 is 0 Å². The van der Waals surface area contributed by atoms with Gasteiger partial charge in [-0.3, -0.25) is 4.90 Å². The van der Waals surface area contributed by atoms with Crippen LogP contribution in [0.15, 0.2) is 18.3 Å². The average Bonchev–Trinajstić information content (AvgIpc) is 2.23. The zero-order valence-corrected chi connectivity index (χ0v) is 8.15. The number of nitrogen functional groups attached to an aromatic ring is 1. The molecule has 0 atom stereocenters. The molecule has 1 saturated heterocycles. The first-order chi connectivity index (χ1) is 6.86. The molecule has 76 valence electrons. The Hall–Kier alpha value is -1.13. The lowest BCUT2D eigenvalue weighted by atomic mass is 10.2. The number of rotatable bonds is 2. The van der Waals surface area contributed by atoms with E-state index in [0.717, 1.165) is 38.4 Å². The number of nitrogens with zero attached hydrogens (tertiary/aromatic N) is 2. The fraction of sp³-hybridized carbons (Fsp3) is 0.500. The van der Waals surface area contributed by atoms with Crippen molar-refractivity contribution in [3.8, 4) is 0 Å². The van der Waals surface area contributed by atoms with E-state index in [1.165, 1.54) is 0 Å². The third-order valence-electron chi connectivity index (χ3n) is 2.42. The van der Waals surface area contributed by atoms with E-state index in [-0.39, 0.29) is 0 Å². The minimum Gasteiger partial charge on any atom is -0.383 e. The summed E-state index contributed by atoms with van der Waals surface area (Å²) in [7, 11) is 0. The molecule has 1 aromatic rings. The van der Waals surface area contributed by atoms with Gasteiger partial charge in [-0.25, -0.2) is 4.98 Å². The van der Waals surface area contributed by atoms with Gasteiger partial charge < -0.3 is 10.5 Å². The van der Waals surface area contributed by atoms with Gasteiger partial charge in [-0.1, -0.05) is 6.07 Å². The van der Waals surface area contributed by atoms with Crippen LogP contribution in [-0.2, 0) is 11.3 Å². The number of hydrogen-bond donors (Lipinski definition) is 1. The lowest BCUT2D eigenvalue weighted by molar-refractivity contribution is 0.0342. The number of aromatic nitrogens is 1. The molecule has 0 aliphatic carbocycles. The summed E-state index contributed by atoms with van der Waals surface area (Å²) >= 11 is 0. The molecule has 2 rings (SSSR count). The first-order valence-corrected chi connectivity index (χ1v) is 4.86. The highest BCUT2D eigenvalue weighted by Crippen LogP contribution is 2.11. The number of anilines is 1. The number of ether oxygens (including phenoxy) is 1. The van der Waals surface area contributed by atoms with Crippen LogP contribution in [0.25, 0.3) is 0 Å². The minimum absolute atomic E-state index is 0.638. The highest BCUT2D eigenvalue weighted by Gasteiger charge is 2.11. The van der Waals surface area contributed by atoms with Crippen LogP contribution < -0.4 is 5.73 Å². The third kappa shape index (κ3) is 2.21. The first-order valence-electron chi connectivity index (χ1n) is 4.86. The maximum Gasteiger partial charge on any atom is 0.127 e. The summed E-state index contributed by atoms with van der Waals surface area (Å²) in [6, 6.07) is 3.95. The molecule has 4 nitrogen and oxygen atoms in total. The number of pyridine rings is 1. The molecule has 1 aliphatic rings. The van der Waals surface area contributed by atoms with Gasteiger partial charge in [0.25, 0.3) is 0 Å². The second kappa shape index (κ2) is 4.39. The smallest absolute Gasteiger partial charge is 0.127 e. The zero-order chi connectivity index (χ0) is 9.80. The van der Waals surface area contributed by atoms with Crippen molar-refractivity contribution in [1.29, 1.82) is 0 Å². The van der Waals surface area contributed by atoms with E-state index in [1.807, 2.05) is 12.1 Å². The summed E-state index contributed by atoms with van der Waals surface area (Å²) in [6.07, 6.45) is 1.72. The van der Waals surface area contributed by atoms with Crippen LogP contribution >= 0.6 is 0 Å². The lowest BCUT2D eigenvalue weighted by Crippen LogP contribution is -2.35. The molecule has 14 heavy (non-hydrogen) atoms. The van der Waals surface area contributed by atoms with Crippen molar-refractivity contribution in [2.45, 2.75) is 6.54 Å². The molecule has 0 bridgehead atoms. The van der Waals surface area contributed by atoms with Gasteiger partial charge in [-0.2, -0.15) is 0 Å². The van der Waals surface area contributed by atoms with E-state index in [9.17, 15) is 0 Å². The largest absolute Gasteiger partial charge is 0.383 e. The predicted molar refractivity (Wildman–Crippen MR) is 54.7 cm³/mol. The minimum atomic E-state index is 0.638. The molecule has 0 spiro atoms. The van der Waals surface area contributed by atoms with Crippen LogP contribution in [0.4, 0.5) is 5.82 Å². The standard InChI is InChI=1S/C10H15N3O/c11-10-9(2-1-3-12-10)8-13-4-6-14-7-5-13/h1-3H,4-8H2,(H2,11,12). The molecule has 0 unspecified atom stereocenters. The van der Waals surface area contributed by atoms with E-state index in [2.05, 4.69) is 9.88 Å². The van der Waals surface area contributed by atoms with Crippen molar-refractivity contribution < 1.29 is 4.74 Å². The number of hydrogen-bond acceptors (Lipinski definition) is 4. The lowest BCUT2D eigenvalue weighted by Gasteiger charge is -2.26. The highest BCUT2D eigenvalue weighted by molar-refractivity contribution is 5.38. The van der Waals surface area contributed by atoms with Crippen molar-refractivity contribution in [2.24, 2.45) is 0 Å². The van der Waals surface area contributed by atoms with Crippen molar-refractivity contribution in [1.82, 2.24) is 9.88 Å². The van der Waals surface area contributed by atoms with Gasteiger partial charge in [0.1, 0.15) is 5.82 Å². The Morgan fingerprint density at radius 1 is 1.43 bits per heavy atom. The predicted octanol–water partition coefficient (Wildman–Crippen LogP) is 0.496. The highest BCUT2D eigenvalue weighted by atomic mass is 16.5. The second-order valence-corrected chi connectivity index (χ2v) is 3.44. The van der Waals surface area contributed by atoms with Gasteiger partial charge in [0, 0.05) is 31.4 Å². The first kappa shape index (κ1) is 9.43. The number of nitrogens with two attached hydrogens (primary N) is 1. The van der Waals surface area contributed by atoms with Crippen LogP contribution in [-0.4, -0.2) is 36.2 Å². The molecule has 0 amide bonds. The molecule has 2 heterocycles. The molecule has 0 aromatic carbocycles. The normalized spacial score (nSPS) is 18.3. The van der Waals surface area contributed by atoms with Crippen LogP contribution in [0.2, 0.25) is 0 Å². The van der Waals surface area contributed by atoms with Gasteiger partial charge in [0.2, 0.25) is 0 Å². The van der Waals surface area contributed by atoms with E-state index in [0.29, 0.717) is 5.82 Å². The topological polar surface area (TPSA) is 51.4 Å². The molecule has 2 N–H and O–H groups in total. The summed E-state index contributed by atoms with van der Waals surface area (Å²) < 4.78 is 5.28. The molecule has 1 aromatic heterocycles. The molecular formula is C10H15N3O. The Morgan fingerprint density at radius 3 is 2.93 bits per heavy atom. The average molecular weight is 193 g/mol. The van der Waals surface area contributed by atoms with Gasteiger partial charge in [-0.15, -0.1) is 0 Å². The van der Waals surface area contributed by atoms with E-state index in [4.69, 9.17) is 10.5 Å². The van der Waals surface area contributed by atoms with E-state index < -0.39 is 0 Å². The number of morpholine rings is 1. The molecular weight excluding hydrogens is 178 g/mol. The van der Waals surface area contributed by atoms with Crippen molar-refractivity contribution in [3.05, 3.63) is 23.9 Å². The summed E-state index contributed by atoms with van der Waals surface area (Å²) in [6.45, 7) is 4.48. The van der Waals surface area contributed by atoms with Crippen LogP contribution in [0, 0.1) is 0 Å². The van der Waals surface area contributed by atoms with Crippen molar-refractivity contribution >= 4 is 5.82 Å². The fourth-order valence-electron chi connectivity index (χ4n) is 1.58. The Kier molecular flexibility index (Phi) is 2.96. The van der Waals surface area contributed by atoms with Gasteiger partial charge in [-0.05, 0) is 6.07 Å². The molecule has 4 heteroatoms. The molecule has 1 fully saturated rings. The molecule has 1 aliphatic heterocycles. The Labute approximate surface area is 83.7 Å². The Balaban J connectivity index is 1.99. The fourth-order valence-corrected chi connectivity index (χ4v) is 1.58. The quantitative estimate of drug-likeness (QED) is 0.743. The summed E-state index contributed by atoms with van der Waals surface area (Å²) in [5, 5.41) is 0. The second-order valence-electron chi connectivity index (χ2n) is 3.44. The Bertz CT molecular complexity index is 297. The van der Waals surface area contributed by atoms with E-state index in [1.54, 1.807) is 6.20 Å². The maximum atomic E-state index is 5.77. The van der Waals surface area contributed by atoms with Gasteiger partial charge >= 0.3 is 0 Å². The monoisotopic (exact) mass is 193 g/mol. The maximum absolute atomic E-state index is 5.77. The van der Waals surface area contributed by atoms with Gasteiger partial charge in [0.05, 0.1) is 13.2 Å². The van der Waals surface area contributed by atoms with Crippen LogP contribution in [0.1, 0.15) is 5.56 Å². The van der Waals surface area contributed by atoms with Crippen molar-refractivity contribution in [2.75, 3.05) is 32.0 Å². The third-order valence-corrected chi connectivity index (χ3v) is 2.42. The van der Waals surface area contributed by atoms with Crippen LogP contribution in [0.3, 0.4) is 0 Å². The summed E-state index contributed by atoms with van der Waals surface area (Å²) in [4.78, 5) is 6.39. The SMILES string of the molecule is Nc1ncccc1CN1CCOCC1. The summed E-state index contributed by atoms with van der Waals surface area (Å²) in [5.74, 6) is 0.638.